The van der Waals surface area contributed by atoms with Crippen LogP contribution in [0.1, 0.15) is 28.9 Å². The summed E-state index contributed by atoms with van der Waals surface area (Å²) in [6.07, 6.45) is 2.16. The van der Waals surface area contributed by atoms with Gasteiger partial charge in [-0.05, 0) is 50.1 Å². The number of sulfonamides is 1. The summed E-state index contributed by atoms with van der Waals surface area (Å²) in [5.41, 5.74) is 3.93. The summed E-state index contributed by atoms with van der Waals surface area (Å²) in [7, 11) is -0.583. The second-order valence-corrected chi connectivity index (χ2v) is 9.18. The SMILES string of the molecule is Cc1nc2c(C#N)cnn2c(C)c1CCC(=O)Nc1ccc(S(=O)(=O)N(C)C)cc1. The first-order chi connectivity index (χ1) is 14.1. The number of hydrogen-bond donors (Lipinski definition) is 1. The van der Waals surface area contributed by atoms with Gasteiger partial charge in [0, 0.05) is 37.6 Å². The predicted molar refractivity (Wildman–Crippen MR) is 111 cm³/mol. The van der Waals surface area contributed by atoms with E-state index in [1.54, 1.807) is 16.6 Å². The molecule has 1 aromatic carbocycles. The number of carbonyl (C=O) groups excluding carboxylic acids is 1. The zero-order valence-electron chi connectivity index (χ0n) is 17.2. The second-order valence-electron chi connectivity index (χ2n) is 7.03. The van der Waals surface area contributed by atoms with Crippen molar-refractivity contribution >= 4 is 27.3 Å². The molecule has 0 fully saturated rings. The Kier molecular flexibility index (Phi) is 5.87. The molecule has 0 saturated heterocycles. The van der Waals surface area contributed by atoms with Gasteiger partial charge in [0.25, 0.3) is 0 Å². The monoisotopic (exact) mass is 426 g/mol. The molecular weight excluding hydrogens is 404 g/mol. The van der Waals surface area contributed by atoms with Gasteiger partial charge in [-0.2, -0.15) is 10.4 Å². The standard InChI is InChI=1S/C20H22N6O3S/c1-13-18(14(2)26-20(23-13)15(11-21)12-22-26)9-10-19(27)24-16-5-7-17(8-6-16)30(28,29)25(3)4/h5-8,12H,9-10H2,1-4H3,(H,24,27). The van der Waals surface area contributed by atoms with Crippen LogP contribution in [0.2, 0.25) is 0 Å². The zero-order chi connectivity index (χ0) is 22.1. The van der Waals surface area contributed by atoms with Gasteiger partial charge in [0.15, 0.2) is 5.65 Å². The zero-order valence-corrected chi connectivity index (χ0v) is 18.0. The first kappa shape index (κ1) is 21.4. The Morgan fingerprint density at radius 2 is 1.90 bits per heavy atom. The van der Waals surface area contributed by atoms with Crippen molar-refractivity contribution in [2.75, 3.05) is 19.4 Å². The average molecular weight is 427 g/mol. The van der Waals surface area contributed by atoms with Crippen molar-refractivity contribution in [2.24, 2.45) is 0 Å². The van der Waals surface area contributed by atoms with Crippen molar-refractivity contribution in [3.63, 3.8) is 0 Å². The Morgan fingerprint density at radius 3 is 2.50 bits per heavy atom. The molecule has 1 N–H and O–H groups in total. The molecule has 0 aliphatic rings. The Labute approximate surface area is 175 Å². The normalized spacial score (nSPS) is 11.6. The first-order valence-corrected chi connectivity index (χ1v) is 10.7. The number of fused-ring (bicyclic) bond motifs is 1. The van der Waals surface area contributed by atoms with Crippen LogP contribution in [0.15, 0.2) is 35.4 Å². The minimum atomic E-state index is -3.51. The molecule has 0 aliphatic carbocycles. The van der Waals surface area contributed by atoms with Crippen molar-refractivity contribution in [3.8, 4) is 6.07 Å². The smallest absolute Gasteiger partial charge is 0.242 e. The van der Waals surface area contributed by atoms with E-state index in [-0.39, 0.29) is 17.2 Å². The summed E-state index contributed by atoms with van der Waals surface area (Å²) < 4.78 is 27.0. The Balaban J connectivity index is 1.70. The fraction of sp³-hybridized carbons (Fsp3) is 0.300. The van der Waals surface area contributed by atoms with Gasteiger partial charge < -0.3 is 5.32 Å². The molecule has 3 rings (SSSR count). The maximum atomic E-state index is 12.4. The number of nitrogens with one attached hydrogen (secondary N) is 1. The van der Waals surface area contributed by atoms with E-state index < -0.39 is 10.0 Å². The van der Waals surface area contributed by atoms with Crippen LogP contribution < -0.4 is 5.32 Å². The van der Waals surface area contributed by atoms with Gasteiger partial charge >= 0.3 is 0 Å². The fourth-order valence-corrected chi connectivity index (χ4v) is 4.04. The Morgan fingerprint density at radius 1 is 1.23 bits per heavy atom. The van der Waals surface area contributed by atoms with Crippen LogP contribution in [-0.4, -0.2) is 47.3 Å². The molecule has 156 valence electrons. The third kappa shape index (κ3) is 4.03. The van der Waals surface area contributed by atoms with Crippen LogP contribution in [0.3, 0.4) is 0 Å². The minimum absolute atomic E-state index is 0.159. The van der Waals surface area contributed by atoms with Crippen molar-refractivity contribution in [1.29, 1.82) is 5.26 Å². The lowest BCUT2D eigenvalue weighted by atomic mass is 10.1. The minimum Gasteiger partial charge on any atom is -0.326 e. The van der Waals surface area contributed by atoms with Crippen LogP contribution in [0, 0.1) is 25.2 Å². The van der Waals surface area contributed by atoms with Crippen molar-refractivity contribution in [3.05, 3.63) is 53.0 Å². The summed E-state index contributed by atoms with van der Waals surface area (Å²) >= 11 is 0. The van der Waals surface area contributed by atoms with Gasteiger partial charge in [-0.15, -0.1) is 0 Å². The summed E-state index contributed by atoms with van der Waals surface area (Å²) in [4.78, 5) is 17.0. The van der Waals surface area contributed by atoms with Crippen molar-refractivity contribution < 1.29 is 13.2 Å². The van der Waals surface area contributed by atoms with Gasteiger partial charge in [-0.3, -0.25) is 4.79 Å². The molecule has 9 nitrogen and oxygen atoms in total. The molecule has 2 aromatic heterocycles. The molecule has 30 heavy (non-hydrogen) atoms. The third-order valence-electron chi connectivity index (χ3n) is 4.85. The maximum Gasteiger partial charge on any atom is 0.242 e. The van der Waals surface area contributed by atoms with Crippen LogP contribution in [-0.2, 0) is 21.2 Å². The molecule has 2 heterocycles. The highest BCUT2D eigenvalue weighted by Gasteiger charge is 2.17. The quantitative estimate of drug-likeness (QED) is 0.644. The fourth-order valence-electron chi connectivity index (χ4n) is 3.13. The molecule has 0 radical (unpaired) electrons. The van der Waals surface area contributed by atoms with E-state index in [1.165, 1.54) is 32.4 Å². The maximum absolute atomic E-state index is 12.4. The summed E-state index contributed by atoms with van der Waals surface area (Å²) in [5, 5.41) is 16.1. The van der Waals surface area contributed by atoms with Gasteiger partial charge in [-0.25, -0.2) is 22.2 Å². The number of carbonyl (C=O) groups is 1. The summed E-state index contributed by atoms with van der Waals surface area (Å²) in [5.74, 6) is -0.199. The van der Waals surface area contributed by atoms with E-state index in [0.717, 1.165) is 21.3 Å². The average Bonchev–Trinajstić information content (AvgIpc) is 3.11. The van der Waals surface area contributed by atoms with E-state index in [4.69, 9.17) is 5.26 Å². The number of hydrogen-bond acceptors (Lipinski definition) is 6. The van der Waals surface area contributed by atoms with Crippen molar-refractivity contribution in [2.45, 2.75) is 31.6 Å². The molecular formula is C20H22N6O3S. The van der Waals surface area contributed by atoms with Crippen LogP contribution in [0.25, 0.3) is 5.65 Å². The summed E-state index contributed by atoms with van der Waals surface area (Å²) in [6.45, 7) is 3.73. The second kappa shape index (κ2) is 8.22. The number of anilines is 1. The van der Waals surface area contributed by atoms with Gasteiger partial charge in [-0.1, -0.05) is 0 Å². The number of aryl methyl sites for hydroxylation is 2. The number of nitriles is 1. The Bertz CT molecular complexity index is 1250. The lowest BCUT2D eigenvalue weighted by Gasteiger charge is -2.13. The number of amides is 1. The van der Waals surface area contributed by atoms with E-state index in [2.05, 4.69) is 21.5 Å². The topological polar surface area (TPSA) is 120 Å². The highest BCUT2D eigenvalue weighted by Crippen LogP contribution is 2.19. The van der Waals surface area contributed by atoms with E-state index >= 15 is 0 Å². The van der Waals surface area contributed by atoms with E-state index in [1.807, 2.05) is 13.8 Å². The third-order valence-corrected chi connectivity index (χ3v) is 6.68. The lowest BCUT2D eigenvalue weighted by molar-refractivity contribution is -0.116. The van der Waals surface area contributed by atoms with E-state index in [0.29, 0.717) is 23.3 Å². The van der Waals surface area contributed by atoms with Crippen molar-refractivity contribution in [1.82, 2.24) is 18.9 Å². The number of benzene rings is 1. The van der Waals surface area contributed by atoms with Crippen LogP contribution in [0.4, 0.5) is 5.69 Å². The predicted octanol–water partition coefficient (Wildman–Crippen LogP) is 2.04. The molecule has 0 aliphatic heterocycles. The van der Waals surface area contributed by atoms with E-state index in [9.17, 15) is 13.2 Å². The van der Waals surface area contributed by atoms with Gasteiger partial charge in [0.2, 0.25) is 15.9 Å². The number of rotatable bonds is 6. The summed E-state index contributed by atoms with van der Waals surface area (Å²) in [6, 6.07) is 8.11. The lowest BCUT2D eigenvalue weighted by Crippen LogP contribution is -2.22. The highest BCUT2D eigenvalue weighted by molar-refractivity contribution is 7.89. The number of nitrogens with zero attached hydrogens (tertiary/aromatic N) is 5. The molecule has 1 amide bonds. The molecule has 0 spiro atoms. The molecule has 10 heteroatoms. The molecule has 0 atom stereocenters. The molecule has 3 aromatic rings. The highest BCUT2D eigenvalue weighted by atomic mass is 32.2. The van der Waals surface area contributed by atoms with Gasteiger partial charge in [0.1, 0.15) is 11.6 Å². The Hall–Kier alpha value is -3.29. The number of aromatic nitrogens is 3. The molecule has 0 saturated carbocycles. The van der Waals surface area contributed by atoms with Crippen LogP contribution in [0.5, 0.6) is 0 Å². The molecule has 0 bridgehead atoms. The first-order valence-electron chi connectivity index (χ1n) is 9.21. The van der Waals surface area contributed by atoms with Crippen LogP contribution >= 0.6 is 0 Å². The van der Waals surface area contributed by atoms with Gasteiger partial charge in [0.05, 0.1) is 11.1 Å². The largest absolute Gasteiger partial charge is 0.326 e. The molecule has 0 unspecified atom stereocenters.